The third-order valence-corrected chi connectivity index (χ3v) is 3.32. The lowest BCUT2D eigenvalue weighted by Crippen LogP contribution is -1.97. The maximum Gasteiger partial charge on any atom is 0.274 e. The first kappa shape index (κ1) is 13.3. The van der Waals surface area contributed by atoms with Crippen molar-refractivity contribution < 1.29 is 9.53 Å². The van der Waals surface area contributed by atoms with Crippen LogP contribution in [0.5, 0.6) is 5.19 Å². The molecule has 0 unspecified atom stereocenters. The van der Waals surface area contributed by atoms with Crippen molar-refractivity contribution in [1.29, 1.82) is 0 Å². The molecule has 0 aliphatic heterocycles. The molecule has 0 saturated carbocycles. The molecule has 1 aromatic carbocycles. The van der Waals surface area contributed by atoms with E-state index in [-0.39, 0.29) is 5.78 Å². The average Bonchev–Trinajstić information content (AvgIpc) is 2.73. The van der Waals surface area contributed by atoms with E-state index in [2.05, 4.69) is 4.98 Å². The molecule has 6 heteroatoms. The highest BCUT2D eigenvalue weighted by Crippen LogP contribution is 2.22. The first-order chi connectivity index (χ1) is 8.54. The lowest BCUT2D eigenvalue weighted by atomic mass is 10.2. The minimum absolute atomic E-state index is 0.0769. The summed E-state index contributed by atoms with van der Waals surface area (Å²) in [4.78, 5) is 15.1. The minimum atomic E-state index is -0.0769. The molecule has 0 bridgehead atoms. The number of hydrogen-bond donors (Lipinski definition) is 0. The Bertz CT molecular complexity index is 563. The normalized spacial score (nSPS) is 10.4. The number of nitrogens with zero attached hydrogens (tertiary/aromatic N) is 1. The highest BCUT2D eigenvalue weighted by Gasteiger charge is 2.07. The Hall–Kier alpha value is -1.10. The Morgan fingerprint density at radius 3 is 2.56 bits per heavy atom. The molecule has 2 rings (SSSR count). The second-order valence-corrected chi connectivity index (χ2v) is 5.31. The second-order valence-electron chi connectivity index (χ2n) is 3.62. The van der Waals surface area contributed by atoms with Gasteiger partial charge in [0, 0.05) is 22.3 Å². The van der Waals surface area contributed by atoms with Crippen LogP contribution in [0.2, 0.25) is 10.0 Å². The number of thiazole rings is 1. The van der Waals surface area contributed by atoms with E-state index in [1.165, 1.54) is 18.3 Å². The third kappa shape index (κ3) is 3.45. The molecule has 0 aliphatic rings. The number of ketones is 1. The van der Waals surface area contributed by atoms with Crippen LogP contribution in [0.15, 0.2) is 23.6 Å². The van der Waals surface area contributed by atoms with Gasteiger partial charge in [-0.15, -0.1) is 0 Å². The molecular formula is C12H9Cl2NO2S. The van der Waals surface area contributed by atoms with Gasteiger partial charge in [-0.05, 0) is 23.8 Å². The van der Waals surface area contributed by atoms with Gasteiger partial charge in [0.2, 0.25) is 0 Å². The molecule has 2 aromatic rings. The molecule has 0 spiro atoms. The van der Waals surface area contributed by atoms with E-state index >= 15 is 0 Å². The molecular weight excluding hydrogens is 293 g/mol. The van der Waals surface area contributed by atoms with Gasteiger partial charge in [0.15, 0.2) is 5.78 Å². The number of carbonyl (C=O) groups excluding carboxylic acids is 1. The van der Waals surface area contributed by atoms with Crippen LogP contribution in [0.3, 0.4) is 0 Å². The predicted octanol–water partition coefficient (Wildman–Crippen LogP) is 4.23. The summed E-state index contributed by atoms with van der Waals surface area (Å²) in [6.07, 6.45) is 0. The molecule has 0 N–H and O–H groups in total. The van der Waals surface area contributed by atoms with Crippen molar-refractivity contribution in [3.8, 4) is 5.19 Å². The highest BCUT2D eigenvalue weighted by atomic mass is 35.5. The van der Waals surface area contributed by atoms with Gasteiger partial charge < -0.3 is 4.74 Å². The van der Waals surface area contributed by atoms with Crippen molar-refractivity contribution >= 4 is 40.3 Å². The quantitative estimate of drug-likeness (QED) is 0.793. The summed E-state index contributed by atoms with van der Waals surface area (Å²) in [5, 5.41) is 3.24. The topological polar surface area (TPSA) is 39.2 Å². The zero-order chi connectivity index (χ0) is 13.1. The van der Waals surface area contributed by atoms with E-state index in [0.29, 0.717) is 27.5 Å². The number of hydrogen-bond acceptors (Lipinski definition) is 4. The predicted molar refractivity (Wildman–Crippen MR) is 72.9 cm³/mol. The molecule has 1 heterocycles. The minimum Gasteiger partial charge on any atom is -0.465 e. The van der Waals surface area contributed by atoms with Gasteiger partial charge in [0.1, 0.15) is 12.3 Å². The van der Waals surface area contributed by atoms with Gasteiger partial charge in [-0.3, -0.25) is 4.79 Å². The van der Waals surface area contributed by atoms with Gasteiger partial charge in [-0.1, -0.05) is 34.5 Å². The van der Waals surface area contributed by atoms with Crippen LogP contribution in [0.25, 0.3) is 0 Å². The summed E-state index contributed by atoms with van der Waals surface area (Å²) in [5.41, 5.74) is 1.27. The molecule has 18 heavy (non-hydrogen) atoms. The smallest absolute Gasteiger partial charge is 0.274 e. The molecule has 0 aliphatic carbocycles. The van der Waals surface area contributed by atoms with Gasteiger partial charge in [0.05, 0.1) is 0 Å². The fourth-order valence-electron chi connectivity index (χ4n) is 1.32. The van der Waals surface area contributed by atoms with Gasteiger partial charge in [-0.2, -0.15) is 4.98 Å². The van der Waals surface area contributed by atoms with Crippen LogP contribution in [0, 0.1) is 0 Å². The number of aromatic nitrogens is 1. The van der Waals surface area contributed by atoms with Crippen LogP contribution < -0.4 is 4.74 Å². The van der Waals surface area contributed by atoms with E-state index in [4.69, 9.17) is 27.9 Å². The average molecular weight is 302 g/mol. The van der Waals surface area contributed by atoms with Gasteiger partial charge in [0.25, 0.3) is 5.19 Å². The number of halogens is 2. The van der Waals surface area contributed by atoms with E-state index in [1.54, 1.807) is 23.6 Å². The fourth-order valence-corrected chi connectivity index (χ4v) is 2.61. The van der Waals surface area contributed by atoms with E-state index < -0.39 is 0 Å². The summed E-state index contributed by atoms with van der Waals surface area (Å²) in [6, 6.07) is 5.20. The molecule has 94 valence electrons. The number of ether oxygens (including phenoxy) is 1. The Labute approximate surface area is 118 Å². The van der Waals surface area contributed by atoms with Crippen LogP contribution >= 0.6 is 34.5 Å². The number of Topliss-reactive ketones (excluding diaryl/α,β-unsaturated/α-hetero) is 1. The zero-order valence-corrected chi connectivity index (χ0v) is 11.8. The van der Waals surface area contributed by atoms with Crippen LogP contribution in [0.4, 0.5) is 0 Å². The number of rotatable bonds is 4. The van der Waals surface area contributed by atoms with E-state index in [9.17, 15) is 4.79 Å². The molecule has 0 saturated heterocycles. The molecule has 0 radical (unpaired) electrons. The summed E-state index contributed by atoms with van der Waals surface area (Å²) in [5.74, 6) is -0.0769. The summed E-state index contributed by atoms with van der Waals surface area (Å²) in [6.45, 7) is 1.78. The summed E-state index contributed by atoms with van der Waals surface area (Å²) >= 11 is 13.0. The van der Waals surface area contributed by atoms with Crippen molar-refractivity contribution in [2.45, 2.75) is 13.5 Å². The SMILES string of the molecule is CC(=O)c1csc(OCc2cc(Cl)cc(Cl)c2)n1. The zero-order valence-electron chi connectivity index (χ0n) is 9.44. The Morgan fingerprint density at radius 1 is 1.33 bits per heavy atom. The highest BCUT2D eigenvalue weighted by molar-refractivity contribution is 7.11. The Kier molecular flexibility index (Phi) is 4.22. The van der Waals surface area contributed by atoms with Gasteiger partial charge >= 0.3 is 0 Å². The number of carbonyl (C=O) groups is 1. The van der Waals surface area contributed by atoms with Crippen molar-refractivity contribution in [3.63, 3.8) is 0 Å². The molecule has 1 aromatic heterocycles. The Morgan fingerprint density at radius 2 is 2.00 bits per heavy atom. The largest absolute Gasteiger partial charge is 0.465 e. The fraction of sp³-hybridized carbons (Fsp3) is 0.167. The van der Waals surface area contributed by atoms with Crippen LogP contribution in [-0.2, 0) is 6.61 Å². The maximum atomic E-state index is 11.1. The van der Waals surface area contributed by atoms with Crippen molar-refractivity contribution in [2.24, 2.45) is 0 Å². The van der Waals surface area contributed by atoms with Crippen LogP contribution in [-0.4, -0.2) is 10.8 Å². The second kappa shape index (κ2) is 5.69. The summed E-state index contributed by atoms with van der Waals surface area (Å²) < 4.78 is 5.47. The van der Waals surface area contributed by atoms with Crippen molar-refractivity contribution in [3.05, 3.63) is 44.9 Å². The standard InChI is InChI=1S/C12H9Cl2NO2S/c1-7(16)11-6-18-12(15-11)17-5-8-2-9(13)4-10(14)3-8/h2-4,6H,5H2,1H3. The molecule has 3 nitrogen and oxygen atoms in total. The number of benzene rings is 1. The monoisotopic (exact) mass is 301 g/mol. The van der Waals surface area contributed by atoms with Crippen molar-refractivity contribution in [2.75, 3.05) is 0 Å². The van der Waals surface area contributed by atoms with Crippen molar-refractivity contribution in [1.82, 2.24) is 4.98 Å². The van der Waals surface area contributed by atoms with E-state index in [0.717, 1.165) is 5.56 Å². The van der Waals surface area contributed by atoms with E-state index in [1.807, 2.05) is 0 Å². The third-order valence-electron chi connectivity index (χ3n) is 2.13. The van der Waals surface area contributed by atoms with Gasteiger partial charge in [-0.25, -0.2) is 0 Å². The lowest BCUT2D eigenvalue weighted by Gasteiger charge is -2.03. The molecule has 0 amide bonds. The molecule has 0 fully saturated rings. The first-order valence-electron chi connectivity index (χ1n) is 5.09. The maximum absolute atomic E-state index is 11.1. The first-order valence-corrected chi connectivity index (χ1v) is 6.72. The Balaban J connectivity index is 2.04. The molecule has 0 atom stereocenters. The summed E-state index contributed by atoms with van der Waals surface area (Å²) in [7, 11) is 0. The van der Waals surface area contributed by atoms with Crippen LogP contribution in [0.1, 0.15) is 23.0 Å². The lowest BCUT2D eigenvalue weighted by molar-refractivity contribution is 0.101.